The van der Waals surface area contributed by atoms with Crippen LogP contribution in [0.15, 0.2) is 35.9 Å². The molecule has 12 nitrogen and oxygen atoms in total. The number of cyclic esters (lactones) is 1. The van der Waals surface area contributed by atoms with E-state index in [1.54, 1.807) is 23.9 Å². The number of likely N-dealkylation sites (N-methyl/N-ethyl adjacent to an activating group) is 1. The number of amides is 1. The number of hydrogen-bond donors (Lipinski definition) is 3. The number of aromatic nitrogens is 2. The molecule has 3 aliphatic heterocycles. The molecule has 2 aliphatic carbocycles. The molecule has 3 fully saturated rings. The van der Waals surface area contributed by atoms with Crippen LogP contribution in [0.25, 0.3) is 27.9 Å². The smallest absolute Gasteiger partial charge is 0.324 e. The Labute approximate surface area is 380 Å². The van der Waals surface area contributed by atoms with Gasteiger partial charge in [-0.25, -0.2) is 5.43 Å². The highest BCUT2D eigenvalue weighted by atomic mass is 32.2. The number of hydrogen-bond acceptors (Lipinski definition) is 11. The van der Waals surface area contributed by atoms with E-state index in [9.17, 15) is 9.59 Å². The van der Waals surface area contributed by atoms with Crippen LogP contribution < -0.4 is 16.5 Å². The third kappa shape index (κ3) is 8.96. The van der Waals surface area contributed by atoms with Crippen molar-refractivity contribution in [2.24, 2.45) is 28.4 Å². The van der Waals surface area contributed by atoms with Crippen molar-refractivity contribution in [2.45, 2.75) is 122 Å². The Bertz CT molecular complexity index is 2190. The molecule has 0 radical (unpaired) electrons. The second kappa shape index (κ2) is 18.4. The number of ether oxygens (including phenoxy) is 2. The number of rotatable bonds is 9. The van der Waals surface area contributed by atoms with E-state index in [0.717, 1.165) is 85.5 Å². The van der Waals surface area contributed by atoms with Crippen molar-refractivity contribution in [1.82, 2.24) is 35.1 Å². The van der Waals surface area contributed by atoms with Crippen molar-refractivity contribution < 1.29 is 19.1 Å². The van der Waals surface area contributed by atoms with Crippen LogP contribution in [0.1, 0.15) is 121 Å². The number of fused-ring (bicyclic) bond motifs is 5. The van der Waals surface area contributed by atoms with E-state index in [1.165, 1.54) is 11.1 Å². The Hall–Kier alpha value is -3.46. The number of methoxy groups -OCH3 is 1. The van der Waals surface area contributed by atoms with Gasteiger partial charge in [0.2, 0.25) is 0 Å². The summed E-state index contributed by atoms with van der Waals surface area (Å²) in [5.41, 5.74) is 18.4. The molecule has 63 heavy (non-hydrogen) atoms. The lowest BCUT2D eigenvalue weighted by molar-refractivity contribution is -0.156. The minimum absolute atomic E-state index is 0.0326. The highest BCUT2D eigenvalue weighted by Crippen LogP contribution is 2.58. The lowest BCUT2D eigenvalue weighted by Crippen LogP contribution is -2.60. The van der Waals surface area contributed by atoms with Crippen LogP contribution in [0.5, 0.6) is 0 Å². The molecule has 5 aliphatic rings. The zero-order valence-corrected chi connectivity index (χ0v) is 40.4. The number of piperidine rings is 1. The van der Waals surface area contributed by atoms with E-state index >= 15 is 0 Å². The van der Waals surface area contributed by atoms with Gasteiger partial charge in [-0.15, -0.1) is 11.8 Å². The first-order chi connectivity index (χ1) is 30.1. The number of pyridine rings is 1. The molecule has 13 heteroatoms. The van der Waals surface area contributed by atoms with Gasteiger partial charge >= 0.3 is 5.97 Å². The standard InChI is InChI=1S/C50H74N8O4S/c1-11-57-41-15-14-34-24-36(41)42-43(46(61-10)44-37(45(42)57)25-35(26-52-44)33-16-19-56(20-17-33)22-21-55(8)9)49(5,6)29-62-48(60)39-13-12-18-58(54-39)47(59)40(23-30(2)63-27-38(34)51)53-28-50(7)31(3)32(50)4/h14-15,24-27,30-33,39-40,43,46,53-54H,11-13,16-23,28-29,51H2,1-10H3/b38-27-/t30?,31-,32+,39-,40-,43?,46-,50?/m0/s1. The second-order valence-electron chi connectivity index (χ2n) is 20.7. The predicted molar refractivity (Wildman–Crippen MR) is 255 cm³/mol. The number of carbonyl (C=O) groups excluding carboxylic acids is 2. The number of likely N-dealkylation sites (tertiary alicyclic amines) is 1. The lowest BCUT2D eigenvalue weighted by Gasteiger charge is -2.43. The van der Waals surface area contributed by atoms with Gasteiger partial charge in [-0.1, -0.05) is 47.6 Å². The zero-order valence-electron chi connectivity index (χ0n) is 39.6. The number of thioether (sulfide) groups is 1. The number of benzene rings is 1. The van der Waals surface area contributed by atoms with Gasteiger partial charge in [0.1, 0.15) is 12.1 Å². The molecule has 1 saturated carbocycles. The first-order valence-corrected chi connectivity index (χ1v) is 24.7. The highest BCUT2D eigenvalue weighted by molar-refractivity contribution is 8.02. The molecule has 4 bridgehead atoms. The van der Waals surface area contributed by atoms with Gasteiger partial charge in [0.25, 0.3) is 5.91 Å². The zero-order chi connectivity index (χ0) is 45.0. The summed E-state index contributed by atoms with van der Waals surface area (Å²) in [4.78, 5) is 38.7. The molecule has 5 heterocycles. The van der Waals surface area contributed by atoms with E-state index in [4.69, 9.17) is 20.2 Å². The number of nitrogens with one attached hydrogen (secondary N) is 2. The lowest BCUT2D eigenvalue weighted by atomic mass is 9.67. The number of nitrogens with two attached hydrogens (primary N) is 1. The van der Waals surface area contributed by atoms with Crippen molar-refractivity contribution in [3.8, 4) is 11.3 Å². The molecule has 0 spiro atoms. The van der Waals surface area contributed by atoms with Crippen molar-refractivity contribution in [3.05, 3.63) is 58.3 Å². The number of nitrogens with zero attached hydrogens (tertiary/aromatic N) is 5. The third-order valence-electron chi connectivity index (χ3n) is 15.9. The summed E-state index contributed by atoms with van der Waals surface area (Å²) in [6, 6.07) is 7.98. The van der Waals surface area contributed by atoms with E-state index < -0.39 is 23.6 Å². The minimum Gasteiger partial charge on any atom is -0.464 e. The molecule has 2 aromatic heterocycles. The maximum Gasteiger partial charge on any atom is 0.324 e. The SMILES string of the molecule is CCn1c2c3c4cc(ccc41)/C(N)=C/SC(C)C[C@H](NCC1(C)[C@H](C)[C@@H]1C)C(=O)N1CCC[C@H](N1)C(=O)OCC(C)(C)C3[C@H](OC)c1ncc(C3CCN(CCN(C)C)CC3)cc1-2. The number of aryl methyl sites for hydroxylation is 1. The van der Waals surface area contributed by atoms with Gasteiger partial charge in [0, 0.05) is 84.8 Å². The minimum atomic E-state index is -0.623. The maximum absolute atomic E-state index is 14.4. The molecule has 3 unspecified atom stereocenters. The van der Waals surface area contributed by atoms with Crippen LogP contribution in [-0.4, -0.2) is 121 Å². The molecular weight excluding hydrogens is 809 g/mol. The normalized spacial score (nSPS) is 31.6. The number of hydrazine groups is 1. The van der Waals surface area contributed by atoms with Crippen LogP contribution in [-0.2, 0) is 25.6 Å². The second-order valence-corrected chi connectivity index (χ2v) is 22.0. The Morgan fingerprint density at radius 3 is 2.49 bits per heavy atom. The van der Waals surface area contributed by atoms with E-state index in [0.29, 0.717) is 49.3 Å². The first kappa shape index (κ1) is 46.1. The quantitative estimate of drug-likeness (QED) is 0.187. The van der Waals surface area contributed by atoms with Crippen molar-refractivity contribution >= 4 is 40.2 Å². The maximum atomic E-state index is 14.4. The fourth-order valence-corrected chi connectivity index (χ4v) is 12.0. The molecule has 2 saturated heterocycles. The van der Waals surface area contributed by atoms with Gasteiger partial charge in [0.05, 0.1) is 24.0 Å². The topological polar surface area (TPSA) is 130 Å². The Kier molecular flexibility index (Phi) is 13.5. The summed E-state index contributed by atoms with van der Waals surface area (Å²) in [5, 5.41) is 8.65. The summed E-state index contributed by atoms with van der Waals surface area (Å²) in [7, 11) is 6.07. The summed E-state index contributed by atoms with van der Waals surface area (Å²) in [5.74, 6) is 1.03. The highest BCUT2D eigenvalue weighted by Gasteiger charge is 2.55. The molecular formula is C50H74N8O4S. The van der Waals surface area contributed by atoms with Crippen molar-refractivity contribution in [1.29, 1.82) is 0 Å². The third-order valence-corrected chi connectivity index (χ3v) is 17.0. The first-order valence-electron chi connectivity index (χ1n) is 23.7. The molecule has 4 N–H and O–H groups in total. The molecule has 3 aromatic rings. The van der Waals surface area contributed by atoms with Crippen LogP contribution in [0.4, 0.5) is 0 Å². The number of esters is 1. The monoisotopic (exact) mass is 883 g/mol. The van der Waals surface area contributed by atoms with Crippen LogP contribution in [0, 0.1) is 22.7 Å². The van der Waals surface area contributed by atoms with Gasteiger partial charge in [-0.05, 0) is 130 Å². The van der Waals surface area contributed by atoms with Gasteiger partial charge in [-0.3, -0.25) is 19.6 Å². The summed E-state index contributed by atoms with van der Waals surface area (Å²) in [6.07, 6.45) is 5.84. The predicted octanol–water partition coefficient (Wildman–Crippen LogP) is 7.35. The van der Waals surface area contributed by atoms with Crippen molar-refractivity contribution in [2.75, 3.05) is 67.1 Å². The number of carbonyl (C=O) groups is 2. The molecule has 8 atom stereocenters. The van der Waals surface area contributed by atoms with Gasteiger partial charge in [0.15, 0.2) is 0 Å². The molecule has 8 rings (SSSR count). The summed E-state index contributed by atoms with van der Waals surface area (Å²) >= 11 is 1.67. The van der Waals surface area contributed by atoms with Crippen LogP contribution in [0.2, 0.25) is 0 Å². The van der Waals surface area contributed by atoms with Gasteiger partial charge in [-0.2, -0.15) is 0 Å². The fraction of sp³-hybridized carbons (Fsp3) is 0.660. The summed E-state index contributed by atoms with van der Waals surface area (Å²) < 4.78 is 15.4. The van der Waals surface area contributed by atoms with E-state index in [2.05, 4.69) is 124 Å². The summed E-state index contributed by atoms with van der Waals surface area (Å²) in [6.45, 7) is 22.2. The average molecular weight is 883 g/mol. The molecule has 1 aromatic carbocycles. The molecule has 344 valence electrons. The fourth-order valence-electron chi connectivity index (χ4n) is 11.2. The molecule has 1 amide bonds. The van der Waals surface area contributed by atoms with Crippen molar-refractivity contribution in [3.63, 3.8) is 0 Å². The van der Waals surface area contributed by atoms with Crippen LogP contribution in [0.3, 0.4) is 0 Å². The Morgan fingerprint density at radius 2 is 1.81 bits per heavy atom. The van der Waals surface area contributed by atoms with Crippen LogP contribution >= 0.6 is 11.8 Å². The van der Waals surface area contributed by atoms with E-state index in [1.807, 2.05) is 0 Å². The average Bonchev–Trinajstić information content (AvgIpc) is 3.57. The largest absolute Gasteiger partial charge is 0.464 e. The van der Waals surface area contributed by atoms with Gasteiger partial charge < -0.3 is 34.9 Å². The van der Waals surface area contributed by atoms with E-state index in [-0.39, 0.29) is 35.1 Å². The Morgan fingerprint density at radius 1 is 1.06 bits per heavy atom. The Balaban J connectivity index is 1.19.